The van der Waals surface area contributed by atoms with Gasteiger partial charge in [-0.25, -0.2) is 9.48 Å². The molecule has 1 aromatic heterocycles. The number of rotatable bonds is 6. The van der Waals surface area contributed by atoms with Crippen molar-refractivity contribution in [2.24, 2.45) is 0 Å². The molecule has 1 rings (SSSR count). The van der Waals surface area contributed by atoms with Crippen molar-refractivity contribution >= 4 is 5.97 Å². The van der Waals surface area contributed by atoms with E-state index in [2.05, 4.69) is 17.2 Å². The molecule has 0 aromatic carbocycles. The molecular weight excluding hydrogens is 246 g/mol. The van der Waals surface area contributed by atoms with Gasteiger partial charge in [0, 0.05) is 6.61 Å². The van der Waals surface area contributed by atoms with Crippen LogP contribution in [-0.4, -0.2) is 39.8 Å². The number of hydrogen-bond donors (Lipinski definition) is 0. The molecule has 0 bridgehead atoms. The van der Waals surface area contributed by atoms with E-state index in [1.165, 1.54) is 0 Å². The van der Waals surface area contributed by atoms with Crippen LogP contribution in [0.5, 0.6) is 0 Å². The number of hydrogen-bond acceptors (Lipinski definition) is 5. The summed E-state index contributed by atoms with van der Waals surface area (Å²) in [6.45, 7) is 11.2. The van der Waals surface area contributed by atoms with Crippen LogP contribution in [0.1, 0.15) is 50.3 Å². The van der Waals surface area contributed by atoms with Crippen LogP contribution in [0.15, 0.2) is 0 Å². The van der Waals surface area contributed by atoms with Crippen molar-refractivity contribution in [2.45, 2.75) is 53.2 Å². The van der Waals surface area contributed by atoms with E-state index < -0.39 is 11.6 Å². The average molecular weight is 269 g/mol. The van der Waals surface area contributed by atoms with Gasteiger partial charge in [0.25, 0.3) is 0 Å². The summed E-state index contributed by atoms with van der Waals surface area (Å²) in [5, 5.41) is 7.83. The Bertz CT molecular complexity index is 421. The molecule has 19 heavy (non-hydrogen) atoms. The minimum Gasteiger partial charge on any atom is -0.455 e. The van der Waals surface area contributed by atoms with E-state index in [1.807, 2.05) is 20.8 Å². The first-order valence-corrected chi connectivity index (χ1v) is 6.56. The van der Waals surface area contributed by atoms with Crippen LogP contribution in [0.25, 0.3) is 0 Å². The largest absolute Gasteiger partial charge is 0.455 e. The SMILES string of the molecule is CCCOCCn1nnc(C(=O)OC(C)(C)C)c1C. The summed E-state index contributed by atoms with van der Waals surface area (Å²) in [6.07, 6.45) is 0.986. The van der Waals surface area contributed by atoms with Crippen LogP contribution in [0.2, 0.25) is 0 Å². The normalized spacial score (nSPS) is 11.6. The molecule has 0 fully saturated rings. The molecule has 108 valence electrons. The summed E-state index contributed by atoms with van der Waals surface area (Å²) in [5.41, 5.74) is 0.442. The van der Waals surface area contributed by atoms with E-state index in [-0.39, 0.29) is 5.69 Å². The average Bonchev–Trinajstić information content (AvgIpc) is 2.64. The van der Waals surface area contributed by atoms with Gasteiger partial charge in [0.1, 0.15) is 5.60 Å². The van der Waals surface area contributed by atoms with Crippen molar-refractivity contribution in [3.63, 3.8) is 0 Å². The maximum Gasteiger partial charge on any atom is 0.361 e. The summed E-state index contributed by atoms with van der Waals surface area (Å²) in [5.74, 6) is -0.439. The lowest BCUT2D eigenvalue weighted by Crippen LogP contribution is -2.24. The fourth-order valence-corrected chi connectivity index (χ4v) is 1.49. The minimum atomic E-state index is -0.530. The first-order chi connectivity index (χ1) is 8.85. The molecule has 0 radical (unpaired) electrons. The molecule has 1 heterocycles. The van der Waals surface area contributed by atoms with E-state index >= 15 is 0 Å². The summed E-state index contributed by atoms with van der Waals surface area (Å²) >= 11 is 0. The van der Waals surface area contributed by atoms with Gasteiger partial charge in [-0.2, -0.15) is 0 Å². The van der Waals surface area contributed by atoms with Gasteiger partial charge >= 0.3 is 5.97 Å². The van der Waals surface area contributed by atoms with Gasteiger partial charge in [0.15, 0.2) is 5.69 Å². The third kappa shape index (κ3) is 4.98. The number of ether oxygens (including phenoxy) is 2. The predicted molar refractivity (Wildman–Crippen MR) is 71.0 cm³/mol. The third-order valence-electron chi connectivity index (χ3n) is 2.37. The molecule has 0 saturated heterocycles. The zero-order chi connectivity index (χ0) is 14.5. The molecule has 0 aliphatic heterocycles. The summed E-state index contributed by atoms with van der Waals surface area (Å²) in [7, 11) is 0. The molecule has 0 atom stereocenters. The van der Waals surface area contributed by atoms with Crippen molar-refractivity contribution in [3.8, 4) is 0 Å². The molecule has 6 nitrogen and oxygen atoms in total. The number of carbonyl (C=O) groups is 1. The molecule has 1 aromatic rings. The Morgan fingerprint density at radius 3 is 2.58 bits per heavy atom. The Kier molecular flexibility index (Phi) is 5.47. The Morgan fingerprint density at radius 2 is 2.00 bits per heavy atom. The predicted octanol–water partition coefficient (Wildman–Crippen LogP) is 1.97. The van der Waals surface area contributed by atoms with Crippen LogP contribution >= 0.6 is 0 Å². The fraction of sp³-hybridized carbons (Fsp3) is 0.769. The molecule has 0 unspecified atom stereocenters. The van der Waals surface area contributed by atoms with Crippen molar-refractivity contribution in [2.75, 3.05) is 13.2 Å². The van der Waals surface area contributed by atoms with Gasteiger partial charge in [0.2, 0.25) is 0 Å². The Morgan fingerprint density at radius 1 is 1.32 bits per heavy atom. The highest BCUT2D eigenvalue weighted by atomic mass is 16.6. The lowest BCUT2D eigenvalue weighted by atomic mass is 10.2. The second-order valence-corrected chi connectivity index (χ2v) is 5.36. The minimum absolute atomic E-state index is 0.269. The van der Waals surface area contributed by atoms with Crippen molar-refractivity contribution in [1.82, 2.24) is 15.0 Å². The highest BCUT2D eigenvalue weighted by Gasteiger charge is 2.23. The molecule has 0 aliphatic rings. The molecule has 0 N–H and O–H groups in total. The van der Waals surface area contributed by atoms with Gasteiger partial charge in [-0.3, -0.25) is 0 Å². The first-order valence-electron chi connectivity index (χ1n) is 6.56. The van der Waals surface area contributed by atoms with Gasteiger partial charge in [-0.15, -0.1) is 5.10 Å². The van der Waals surface area contributed by atoms with Crippen LogP contribution in [0.3, 0.4) is 0 Å². The second-order valence-electron chi connectivity index (χ2n) is 5.36. The summed E-state index contributed by atoms with van der Waals surface area (Å²) in [4.78, 5) is 11.9. The lowest BCUT2D eigenvalue weighted by Gasteiger charge is -2.18. The van der Waals surface area contributed by atoms with Crippen LogP contribution in [0.4, 0.5) is 0 Å². The zero-order valence-corrected chi connectivity index (χ0v) is 12.4. The topological polar surface area (TPSA) is 66.2 Å². The summed E-state index contributed by atoms with van der Waals surface area (Å²) in [6, 6.07) is 0. The number of nitrogens with zero attached hydrogens (tertiary/aromatic N) is 3. The van der Waals surface area contributed by atoms with Crippen LogP contribution < -0.4 is 0 Å². The Labute approximate surface area is 114 Å². The Hall–Kier alpha value is -1.43. The van der Waals surface area contributed by atoms with E-state index in [4.69, 9.17) is 9.47 Å². The van der Waals surface area contributed by atoms with Crippen molar-refractivity contribution in [3.05, 3.63) is 11.4 Å². The monoisotopic (exact) mass is 269 g/mol. The molecular formula is C13H23N3O3. The lowest BCUT2D eigenvalue weighted by molar-refractivity contribution is 0.00618. The molecule has 6 heteroatoms. The van der Waals surface area contributed by atoms with E-state index in [9.17, 15) is 4.79 Å². The quantitative estimate of drug-likeness (QED) is 0.583. The van der Waals surface area contributed by atoms with Gasteiger partial charge < -0.3 is 9.47 Å². The molecule has 0 saturated carbocycles. The van der Waals surface area contributed by atoms with Crippen molar-refractivity contribution in [1.29, 1.82) is 0 Å². The standard InChI is InChI=1S/C13H23N3O3/c1-6-8-18-9-7-16-10(2)11(14-15-16)12(17)19-13(3,4)5/h6-9H2,1-5H3. The third-order valence-corrected chi connectivity index (χ3v) is 2.37. The maximum absolute atomic E-state index is 11.9. The number of esters is 1. The smallest absolute Gasteiger partial charge is 0.361 e. The van der Waals surface area contributed by atoms with E-state index in [0.29, 0.717) is 18.8 Å². The summed E-state index contributed by atoms with van der Waals surface area (Å²) < 4.78 is 12.3. The van der Waals surface area contributed by atoms with Crippen molar-refractivity contribution < 1.29 is 14.3 Å². The van der Waals surface area contributed by atoms with Gasteiger partial charge in [-0.05, 0) is 34.1 Å². The Balaban J connectivity index is 2.62. The second kappa shape index (κ2) is 6.65. The first kappa shape index (κ1) is 15.6. The van der Waals surface area contributed by atoms with Crippen LogP contribution in [-0.2, 0) is 16.0 Å². The highest BCUT2D eigenvalue weighted by Crippen LogP contribution is 2.13. The van der Waals surface area contributed by atoms with E-state index in [1.54, 1.807) is 11.6 Å². The van der Waals surface area contributed by atoms with Gasteiger partial charge in [-0.1, -0.05) is 12.1 Å². The molecule has 0 spiro atoms. The zero-order valence-electron chi connectivity index (χ0n) is 12.4. The maximum atomic E-state index is 11.9. The van der Waals surface area contributed by atoms with E-state index in [0.717, 1.165) is 13.0 Å². The molecule has 0 amide bonds. The number of aromatic nitrogens is 3. The highest BCUT2D eigenvalue weighted by molar-refractivity contribution is 5.88. The fourth-order valence-electron chi connectivity index (χ4n) is 1.49. The number of carbonyl (C=O) groups excluding carboxylic acids is 1. The van der Waals surface area contributed by atoms with Gasteiger partial charge in [0.05, 0.1) is 18.8 Å². The van der Waals surface area contributed by atoms with Crippen LogP contribution in [0, 0.1) is 6.92 Å². The molecule has 0 aliphatic carbocycles.